The van der Waals surface area contributed by atoms with Gasteiger partial charge in [0.2, 0.25) is 0 Å². The van der Waals surface area contributed by atoms with Gasteiger partial charge in [-0.2, -0.15) is 0 Å². The first-order valence-corrected chi connectivity index (χ1v) is 11.6. The molecule has 0 bridgehead atoms. The average molecular weight is 513 g/mol. The monoisotopic (exact) mass is 513 g/mol. The van der Waals surface area contributed by atoms with Gasteiger partial charge in [-0.25, -0.2) is 8.42 Å². The topological polar surface area (TPSA) is 96.3 Å². The van der Waals surface area contributed by atoms with E-state index in [0.29, 0.717) is 24.8 Å². The van der Waals surface area contributed by atoms with Crippen molar-refractivity contribution in [3.63, 3.8) is 0 Å². The van der Waals surface area contributed by atoms with Gasteiger partial charge >= 0.3 is 0 Å². The molecule has 1 aromatic heterocycles. The van der Waals surface area contributed by atoms with Crippen LogP contribution in [0.4, 0.5) is 0 Å². The fourth-order valence-corrected chi connectivity index (χ4v) is 5.94. The average Bonchev–Trinajstić information content (AvgIpc) is 3.27. The van der Waals surface area contributed by atoms with Crippen molar-refractivity contribution >= 4 is 51.1 Å². The second-order valence-corrected chi connectivity index (χ2v) is 10.6. The molecule has 1 aliphatic heterocycles. The molecule has 2 aliphatic rings. The molecule has 7 nitrogen and oxygen atoms in total. The zero-order valence-corrected chi connectivity index (χ0v) is 19.2. The lowest BCUT2D eigenvalue weighted by molar-refractivity contribution is 0.570. The van der Waals surface area contributed by atoms with Crippen LogP contribution in [0.2, 0.25) is 0 Å². The molecule has 10 heteroatoms. The lowest BCUT2D eigenvalue weighted by Gasteiger charge is -2.20. The predicted molar refractivity (Wildman–Crippen MR) is 116 cm³/mol. The summed E-state index contributed by atoms with van der Waals surface area (Å²) in [7, 11) is -2.86. The van der Waals surface area contributed by atoms with Crippen molar-refractivity contribution in [1.82, 2.24) is 20.8 Å². The van der Waals surface area contributed by atoms with Crippen LogP contribution in [0.25, 0.3) is 0 Å². The van der Waals surface area contributed by atoms with E-state index in [1.54, 1.807) is 11.3 Å². The minimum atomic E-state index is -2.86. The maximum absolute atomic E-state index is 11.6. The highest BCUT2D eigenvalue weighted by atomic mass is 127. The van der Waals surface area contributed by atoms with Crippen LogP contribution in [0, 0.1) is 12.8 Å². The Bertz CT molecular complexity index is 716. The van der Waals surface area contributed by atoms with Gasteiger partial charge < -0.3 is 10.6 Å². The SMILES string of the molecule is Cc1nnc(C(C)NC(=NCC2CCS(=O)(=O)C2)NC2CCCC2)s1.I. The van der Waals surface area contributed by atoms with E-state index < -0.39 is 9.84 Å². The Morgan fingerprint density at radius 3 is 2.62 bits per heavy atom. The standard InChI is InChI=1S/C16H27N5O2S2.HI/c1-11(15-21-20-12(2)24-15)18-16(19-14-5-3-4-6-14)17-9-13-7-8-25(22,23)10-13;/h11,13-14H,3-10H2,1-2H3,(H2,17,18,19);1H. The second-order valence-electron chi connectivity index (χ2n) is 7.11. The Labute approximate surface area is 176 Å². The third-order valence-electron chi connectivity index (χ3n) is 4.80. The van der Waals surface area contributed by atoms with Crippen molar-refractivity contribution in [1.29, 1.82) is 0 Å². The number of rotatable bonds is 5. The highest BCUT2D eigenvalue weighted by Gasteiger charge is 2.28. The zero-order valence-electron chi connectivity index (χ0n) is 15.3. The number of aryl methyl sites for hydroxylation is 1. The molecule has 2 unspecified atom stereocenters. The Morgan fingerprint density at radius 1 is 1.31 bits per heavy atom. The molecule has 0 amide bonds. The molecule has 2 heterocycles. The Balaban J connectivity index is 0.00000243. The summed E-state index contributed by atoms with van der Waals surface area (Å²) in [6, 6.07) is 0.466. The first-order chi connectivity index (χ1) is 11.9. The van der Waals surface area contributed by atoms with E-state index in [9.17, 15) is 8.42 Å². The van der Waals surface area contributed by atoms with Crippen LogP contribution in [0.1, 0.15) is 55.1 Å². The summed E-state index contributed by atoms with van der Waals surface area (Å²) in [4.78, 5) is 4.69. The summed E-state index contributed by atoms with van der Waals surface area (Å²) in [6.07, 6.45) is 5.53. The van der Waals surface area contributed by atoms with Crippen LogP contribution < -0.4 is 10.6 Å². The minimum Gasteiger partial charge on any atom is -0.354 e. The summed E-state index contributed by atoms with van der Waals surface area (Å²) in [5.74, 6) is 1.45. The van der Waals surface area contributed by atoms with Crippen LogP contribution in [-0.4, -0.2) is 48.7 Å². The lowest BCUT2D eigenvalue weighted by Crippen LogP contribution is -2.43. The third kappa shape index (κ3) is 6.29. The van der Waals surface area contributed by atoms with E-state index in [-0.39, 0.29) is 41.7 Å². The maximum Gasteiger partial charge on any atom is 0.192 e. The molecule has 3 rings (SSSR count). The smallest absolute Gasteiger partial charge is 0.192 e. The molecule has 0 spiro atoms. The molecule has 1 saturated heterocycles. The van der Waals surface area contributed by atoms with Crippen molar-refractivity contribution < 1.29 is 8.42 Å². The van der Waals surface area contributed by atoms with E-state index in [2.05, 4.69) is 20.8 Å². The van der Waals surface area contributed by atoms with Crippen molar-refractivity contribution in [2.24, 2.45) is 10.9 Å². The first-order valence-electron chi connectivity index (χ1n) is 8.99. The van der Waals surface area contributed by atoms with Gasteiger partial charge in [0, 0.05) is 12.6 Å². The molecule has 1 aliphatic carbocycles. The number of guanidine groups is 1. The quantitative estimate of drug-likeness (QED) is 0.357. The predicted octanol–water partition coefficient (Wildman–Crippen LogP) is 2.44. The number of aliphatic imine (C=N–C) groups is 1. The Morgan fingerprint density at radius 2 is 2.04 bits per heavy atom. The Hall–Kier alpha value is -0.490. The van der Waals surface area contributed by atoms with E-state index in [0.717, 1.165) is 28.8 Å². The largest absolute Gasteiger partial charge is 0.354 e. The highest BCUT2D eigenvalue weighted by Crippen LogP contribution is 2.21. The number of hydrogen-bond acceptors (Lipinski definition) is 6. The highest BCUT2D eigenvalue weighted by molar-refractivity contribution is 14.0. The van der Waals surface area contributed by atoms with E-state index in [4.69, 9.17) is 4.99 Å². The van der Waals surface area contributed by atoms with Gasteiger partial charge in [-0.3, -0.25) is 4.99 Å². The number of hydrogen-bond donors (Lipinski definition) is 2. The number of sulfone groups is 1. The summed E-state index contributed by atoms with van der Waals surface area (Å²) >= 11 is 1.58. The van der Waals surface area contributed by atoms with E-state index >= 15 is 0 Å². The van der Waals surface area contributed by atoms with Gasteiger partial charge in [0.1, 0.15) is 10.0 Å². The van der Waals surface area contributed by atoms with Crippen LogP contribution in [0.5, 0.6) is 0 Å². The van der Waals surface area contributed by atoms with Crippen molar-refractivity contribution in [3.8, 4) is 0 Å². The van der Waals surface area contributed by atoms with Gasteiger partial charge in [0.25, 0.3) is 0 Å². The van der Waals surface area contributed by atoms with Crippen LogP contribution in [0.15, 0.2) is 4.99 Å². The molecule has 0 aromatic carbocycles. The van der Waals surface area contributed by atoms with Crippen LogP contribution in [0.3, 0.4) is 0 Å². The third-order valence-corrected chi connectivity index (χ3v) is 7.65. The van der Waals surface area contributed by atoms with Gasteiger partial charge in [0.05, 0.1) is 17.5 Å². The Kier molecular flexibility index (Phi) is 8.08. The van der Waals surface area contributed by atoms with Gasteiger partial charge in [-0.1, -0.05) is 24.2 Å². The number of halogens is 1. The van der Waals surface area contributed by atoms with Crippen molar-refractivity contribution in [3.05, 3.63) is 10.0 Å². The van der Waals surface area contributed by atoms with Crippen LogP contribution in [-0.2, 0) is 9.84 Å². The molecular formula is C16H28IN5O2S2. The first kappa shape index (κ1) is 21.8. The fourth-order valence-electron chi connectivity index (χ4n) is 3.39. The van der Waals surface area contributed by atoms with Gasteiger partial charge in [-0.15, -0.1) is 34.2 Å². The molecule has 0 radical (unpaired) electrons. The van der Waals surface area contributed by atoms with Crippen LogP contribution >= 0.6 is 35.3 Å². The van der Waals surface area contributed by atoms with Crippen molar-refractivity contribution in [2.75, 3.05) is 18.1 Å². The molecule has 2 atom stereocenters. The van der Waals surface area contributed by atoms with E-state index in [1.165, 1.54) is 12.8 Å². The van der Waals surface area contributed by atoms with Gasteiger partial charge in [-0.05, 0) is 39.0 Å². The number of aromatic nitrogens is 2. The maximum atomic E-state index is 11.6. The summed E-state index contributed by atoms with van der Waals surface area (Å²) in [6.45, 7) is 4.54. The lowest BCUT2D eigenvalue weighted by atomic mass is 10.1. The normalized spacial score (nSPS) is 24.2. The van der Waals surface area contributed by atoms with E-state index in [1.807, 2.05) is 13.8 Å². The molecule has 1 saturated carbocycles. The molecule has 26 heavy (non-hydrogen) atoms. The molecule has 2 fully saturated rings. The summed E-state index contributed by atoms with van der Waals surface area (Å²) in [5, 5.41) is 17.1. The molecule has 148 valence electrons. The van der Waals surface area contributed by atoms with Gasteiger partial charge in [0.15, 0.2) is 15.8 Å². The second kappa shape index (κ2) is 9.63. The molecule has 1 aromatic rings. The number of nitrogens with one attached hydrogen (secondary N) is 2. The molecule has 2 N–H and O–H groups in total. The van der Waals surface area contributed by atoms with Crippen molar-refractivity contribution in [2.45, 2.75) is 58.0 Å². The fraction of sp³-hybridized carbons (Fsp3) is 0.812. The summed E-state index contributed by atoms with van der Waals surface area (Å²) < 4.78 is 23.3. The molecular weight excluding hydrogens is 485 g/mol. The number of nitrogens with zero attached hydrogens (tertiary/aromatic N) is 3. The summed E-state index contributed by atoms with van der Waals surface area (Å²) in [5.41, 5.74) is 0. The minimum absolute atomic E-state index is 0. The zero-order chi connectivity index (χ0) is 17.9.